The van der Waals surface area contributed by atoms with Gasteiger partial charge in [0.25, 0.3) is 5.91 Å². The molecule has 0 spiro atoms. The van der Waals surface area contributed by atoms with Crippen LogP contribution in [0.15, 0.2) is 45.3 Å². The zero-order valence-electron chi connectivity index (χ0n) is 11.0. The summed E-state index contributed by atoms with van der Waals surface area (Å²) >= 11 is 6.51. The third kappa shape index (κ3) is 3.71. The maximum Gasteiger partial charge on any atom is 0.336 e. The molecule has 0 unspecified atom stereocenters. The minimum atomic E-state index is -1.06. The number of rotatable bonds is 3. The molecule has 0 saturated heterocycles. The Kier molecular flexibility index (Phi) is 4.80. The van der Waals surface area contributed by atoms with Gasteiger partial charge in [-0.3, -0.25) is 4.79 Å². The molecule has 0 bridgehead atoms. The number of hydrogen-bond acceptors (Lipinski definition) is 2. The molecule has 0 aromatic heterocycles. The van der Waals surface area contributed by atoms with Crippen molar-refractivity contribution in [1.82, 2.24) is 0 Å². The molecule has 0 aliphatic carbocycles. The fourth-order valence-electron chi connectivity index (χ4n) is 1.85. The molecule has 21 heavy (non-hydrogen) atoms. The highest BCUT2D eigenvalue weighted by atomic mass is 79.9. The third-order valence-electron chi connectivity index (χ3n) is 2.89. The Bertz CT molecular complexity index is 729. The number of anilines is 1. The van der Waals surface area contributed by atoms with Crippen molar-refractivity contribution in [2.75, 3.05) is 5.32 Å². The minimum Gasteiger partial charge on any atom is -0.478 e. The van der Waals surface area contributed by atoms with Crippen molar-refractivity contribution in [3.63, 3.8) is 0 Å². The van der Waals surface area contributed by atoms with Crippen LogP contribution < -0.4 is 5.32 Å². The van der Waals surface area contributed by atoms with Gasteiger partial charge in [0.1, 0.15) is 0 Å². The molecule has 0 aliphatic heterocycles. The lowest BCUT2D eigenvalue weighted by atomic mass is 10.1. The van der Waals surface area contributed by atoms with Gasteiger partial charge in [-0.05, 0) is 64.8 Å². The number of carbonyl (C=O) groups is 2. The normalized spacial score (nSPS) is 10.2. The van der Waals surface area contributed by atoms with Gasteiger partial charge in [-0.25, -0.2) is 4.79 Å². The van der Waals surface area contributed by atoms with E-state index in [1.807, 2.05) is 13.0 Å². The van der Waals surface area contributed by atoms with Crippen LogP contribution in [0.2, 0.25) is 0 Å². The second-order valence-electron chi connectivity index (χ2n) is 4.41. The van der Waals surface area contributed by atoms with Crippen LogP contribution >= 0.6 is 31.9 Å². The Morgan fingerprint density at radius 2 is 1.76 bits per heavy atom. The van der Waals surface area contributed by atoms with Crippen LogP contribution in [0, 0.1) is 6.92 Å². The van der Waals surface area contributed by atoms with Crippen molar-refractivity contribution in [3.05, 3.63) is 62.0 Å². The van der Waals surface area contributed by atoms with Crippen molar-refractivity contribution < 1.29 is 14.7 Å². The van der Waals surface area contributed by atoms with Crippen LogP contribution in [0.25, 0.3) is 0 Å². The average Bonchev–Trinajstić information content (AvgIpc) is 2.40. The smallest absolute Gasteiger partial charge is 0.336 e. The van der Waals surface area contributed by atoms with E-state index in [-0.39, 0.29) is 11.5 Å². The highest BCUT2D eigenvalue weighted by Gasteiger charge is 2.13. The first-order valence-electron chi connectivity index (χ1n) is 5.99. The zero-order valence-corrected chi connectivity index (χ0v) is 14.2. The van der Waals surface area contributed by atoms with Gasteiger partial charge in [0.15, 0.2) is 0 Å². The molecule has 0 fully saturated rings. The van der Waals surface area contributed by atoms with Gasteiger partial charge >= 0.3 is 5.97 Å². The number of aromatic carboxylic acids is 1. The molecule has 2 rings (SSSR count). The monoisotopic (exact) mass is 411 g/mol. The summed E-state index contributed by atoms with van der Waals surface area (Å²) in [7, 11) is 0. The van der Waals surface area contributed by atoms with Gasteiger partial charge in [0.05, 0.1) is 5.56 Å². The van der Waals surface area contributed by atoms with Gasteiger partial charge in [-0.15, -0.1) is 0 Å². The molecule has 0 atom stereocenters. The largest absolute Gasteiger partial charge is 0.478 e. The molecule has 0 saturated carbocycles. The maximum absolute atomic E-state index is 12.2. The second-order valence-corrected chi connectivity index (χ2v) is 6.18. The Hall–Kier alpha value is -1.66. The van der Waals surface area contributed by atoms with E-state index in [1.54, 1.807) is 24.3 Å². The average molecular weight is 413 g/mol. The standard InChI is InChI=1S/C15H11Br2NO3/c1-8-6-9(16)2-4-11(8)14(19)18-10-3-5-13(17)12(7-10)15(20)21/h2-7H,1H3,(H,18,19)(H,20,21). The van der Waals surface area contributed by atoms with Crippen molar-refractivity contribution in [3.8, 4) is 0 Å². The summed E-state index contributed by atoms with van der Waals surface area (Å²) in [4.78, 5) is 23.3. The lowest BCUT2D eigenvalue weighted by Gasteiger charge is -2.09. The topological polar surface area (TPSA) is 66.4 Å². The Morgan fingerprint density at radius 3 is 2.38 bits per heavy atom. The van der Waals surface area contributed by atoms with Gasteiger partial charge in [0, 0.05) is 20.2 Å². The first-order chi connectivity index (χ1) is 9.88. The number of hydrogen-bond donors (Lipinski definition) is 2. The van der Waals surface area contributed by atoms with Crippen molar-refractivity contribution in [1.29, 1.82) is 0 Å². The number of nitrogens with one attached hydrogen (secondary N) is 1. The van der Waals surface area contributed by atoms with Crippen molar-refractivity contribution in [2.45, 2.75) is 6.92 Å². The third-order valence-corrected chi connectivity index (χ3v) is 4.07. The Labute approximate surface area is 138 Å². The molecule has 0 heterocycles. The summed E-state index contributed by atoms with van der Waals surface area (Å²) in [5, 5.41) is 11.8. The lowest BCUT2D eigenvalue weighted by molar-refractivity contribution is 0.0695. The number of halogens is 2. The Balaban J connectivity index is 2.27. The number of carbonyl (C=O) groups excluding carboxylic acids is 1. The quantitative estimate of drug-likeness (QED) is 0.781. The fourth-order valence-corrected chi connectivity index (χ4v) is 2.74. The highest BCUT2D eigenvalue weighted by molar-refractivity contribution is 9.10. The van der Waals surface area contributed by atoms with Crippen LogP contribution in [0.1, 0.15) is 26.3 Å². The molecule has 4 nitrogen and oxygen atoms in total. The van der Waals surface area contributed by atoms with Crippen LogP contribution in [-0.2, 0) is 0 Å². The van der Waals surface area contributed by atoms with Crippen LogP contribution in [0.3, 0.4) is 0 Å². The van der Waals surface area contributed by atoms with E-state index < -0.39 is 5.97 Å². The molecule has 1 amide bonds. The van der Waals surface area contributed by atoms with E-state index in [9.17, 15) is 9.59 Å². The van der Waals surface area contributed by atoms with Gasteiger partial charge in [-0.1, -0.05) is 15.9 Å². The number of aryl methyl sites for hydroxylation is 1. The second kappa shape index (κ2) is 6.41. The molecule has 0 aliphatic rings. The molecule has 2 aromatic carbocycles. The summed E-state index contributed by atoms with van der Waals surface area (Å²) < 4.78 is 1.36. The molecule has 108 valence electrons. The van der Waals surface area contributed by atoms with Crippen molar-refractivity contribution >= 4 is 49.4 Å². The molecule has 6 heteroatoms. The number of carboxylic acids is 1. The molecular weight excluding hydrogens is 402 g/mol. The number of benzene rings is 2. The summed E-state index contributed by atoms with van der Waals surface area (Å²) in [5.41, 5.74) is 1.90. The fraction of sp³-hybridized carbons (Fsp3) is 0.0667. The summed E-state index contributed by atoms with van der Waals surface area (Å²) in [6, 6.07) is 9.99. The summed E-state index contributed by atoms with van der Waals surface area (Å²) in [6.07, 6.45) is 0. The van der Waals surface area contributed by atoms with Crippen LogP contribution in [0.5, 0.6) is 0 Å². The molecule has 2 aromatic rings. The van der Waals surface area contributed by atoms with Crippen molar-refractivity contribution in [2.24, 2.45) is 0 Å². The van der Waals surface area contributed by atoms with E-state index in [1.165, 1.54) is 6.07 Å². The van der Waals surface area contributed by atoms with E-state index in [0.717, 1.165) is 10.0 Å². The zero-order chi connectivity index (χ0) is 15.6. The minimum absolute atomic E-state index is 0.0975. The summed E-state index contributed by atoms with van der Waals surface area (Å²) in [5.74, 6) is -1.34. The number of amides is 1. The number of carboxylic acid groups (broad SMARTS) is 1. The Morgan fingerprint density at radius 1 is 1.05 bits per heavy atom. The highest BCUT2D eigenvalue weighted by Crippen LogP contribution is 2.22. The molecule has 2 N–H and O–H groups in total. The van der Waals surface area contributed by atoms with Gasteiger partial charge < -0.3 is 10.4 Å². The van der Waals surface area contributed by atoms with E-state index >= 15 is 0 Å². The SMILES string of the molecule is Cc1cc(Br)ccc1C(=O)Nc1ccc(Br)c(C(=O)O)c1. The van der Waals surface area contributed by atoms with Crippen LogP contribution in [-0.4, -0.2) is 17.0 Å². The summed E-state index contributed by atoms with van der Waals surface area (Å²) in [6.45, 7) is 1.84. The first-order valence-corrected chi connectivity index (χ1v) is 7.57. The van der Waals surface area contributed by atoms with Gasteiger partial charge in [0.2, 0.25) is 0 Å². The van der Waals surface area contributed by atoms with E-state index in [4.69, 9.17) is 5.11 Å². The van der Waals surface area contributed by atoms with E-state index in [0.29, 0.717) is 15.7 Å². The van der Waals surface area contributed by atoms with Gasteiger partial charge in [-0.2, -0.15) is 0 Å². The lowest BCUT2D eigenvalue weighted by Crippen LogP contribution is -2.14. The van der Waals surface area contributed by atoms with E-state index in [2.05, 4.69) is 37.2 Å². The molecular formula is C15H11Br2NO3. The predicted molar refractivity (Wildman–Crippen MR) is 87.9 cm³/mol. The first kappa shape index (κ1) is 15.7. The van der Waals surface area contributed by atoms with Crippen LogP contribution in [0.4, 0.5) is 5.69 Å². The predicted octanol–water partition coefficient (Wildman–Crippen LogP) is 4.47. The molecule has 0 radical (unpaired) electrons. The maximum atomic E-state index is 12.2.